The number of carbonyl (C=O) groups is 2. The molecule has 33 heavy (non-hydrogen) atoms. The van der Waals surface area contributed by atoms with Crippen LogP contribution in [0.25, 0.3) is 0 Å². The Balaban J connectivity index is 1.35. The van der Waals surface area contributed by atoms with Crippen LogP contribution < -0.4 is 5.32 Å². The van der Waals surface area contributed by atoms with Gasteiger partial charge in [-0.15, -0.1) is 0 Å². The molecule has 0 spiro atoms. The minimum Gasteiger partial charge on any atom is -0.466 e. The van der Waals surface area contributed by atoms with Crippen molar-refractivity contribution in [1.82, 2.24) is 5.01 Å². The first-order valence-corrected chi connectivity index (χ1v) is 12.8. The van der Waals surface area contributed by atoms with E-state index < -0.39 is 0 Å². The van der Waals surface area contributed by atoms with Crippen LogP contribution in [-0.2, 0) is 22.4 Å². The maximum absolute atomic E-state index is 12.8. The summed E-state index contributed by atoms with van der Waals surface area (Å²) in [5.74, 6) is 2.25. The highest BCUT2D eigenvalue weighted by atomic mass is 32.2. The van der Waals surface area contributed by atoms with E-state index in [0.717, 1.165) is 60.7 Å². The number of fused-ring (bicyclic) bond motifs is 1. The third-order valence-electron chi connectivity index (χ3n) is 6.09. The fraction of sp³-hybridized carbons (Fsp3) is 0.423. The number of hydrogen-bond acceptors (Lipinski definition) is 6. The Kier molecular flexibility index (Phi) is 8.05. The SMILES string of the molecule is CCOC(=O)CC1CCc2ccc(C(=O)Nc3ccc(C=NN4CCSCC4)cc3)cc2C1. The molecule has 1 fully saturated rings. The summed E-state index contributed by atoms with van der Waals surface area (Å²) < 4.78 is 5.10. The molecule has 174 valence electrons. The molecule has 1 aliphatic heterocycles. The molecule has 1 unspecified atom stereocenters. The van der Waals surface area contributed by atoms with E-state index in [0.29, 0.717) is 18.6 Å². The van der Waals surface area contributed by atoms with Crippen LogP contribution in [0.3, 0.4) is 0 Å². The Hall–Kier alpha value is -2.80. The average Bonchev–Trinajstić information content (AvgIpc) is 2.84. The van der Waals surface area contributed by atoms with Gasteiger partial charge in [-0.05, 0) is 73.1 Å². The smallest absolute Gasteiger partial charge is 0.306 e. The number of nitrogens with zero attached hydrogens (tertiary/aromatic N) is 2. The number of carbonyl (C=O) groups excluding carboxylic acids is 2. The van der Waals surface area contributed by atoms with Gasteiger partial charge in [0.2, 0.25) is 0 Å². The topological polar surface area (TPSA) is 71.0 Å². The van der Waals surface area contributed by atoms with Gasteiger partial charge in [-0.1, -0.05) is 18.2 Å². The summed E-state index contributed by atoms with van der Waals surface area (Å²) in [6.07, 6.45) is 5.02. The first-order valence-electron chi connectivity index (χ1n) is 11.7. The van der Waals surface area contributed by atoms with Crippen molar-refractivity contribution in [2.24, 2.45) is 11.0 Å². The molecule has 0 radical (unpaired) electrons. The van der Waals surface area contributed by atoms with Crippen molar-refractivity contribution in [3.63, 3.8) is 0 Å². The normalized spacial score (nSPS) is 18.1. The molecule has 0 aromatic heterocycles. The Morgan fingerprint density at radius 3 is 2.70 bits per heavy atom. The summed E-state index contributed by atoms with van der Waals surface area (Å²) >= 11 is 1.96. The van der Waals surface area contributed by atoms with E-state index in [2.05, 4.69) is 15.4 Å². The number of esters is 1. The molecule has 0 bridgehead atoms. The Bertz CT molecular complexity index is 1000. The first-order chi connectivity index (χ1) is 16.1. The van der Waals surface area contributed by atoms with E-state index in [1.165, 1.54) is 5.56 Å². The molecule has 1 aliphatic carbocycles. The lowest BCUT2D eigenvalue weighted by Crippen LogP contribution is -2.27. The van der Waals surface area contributed by atoms with Gasteiger partial charge in [0.1, 0.15) is 0 Å². The van der Waals surface area contributed by atoms with Crippen LogP contribution in [0.1, 0.15) is 46.8 Å². The molecular weight excluding hydrogens is 434 g/mol. The number of ether oxygens (including phenoxy) is 1. The lowest BCUT2D eigenvalue weighted by Gasteiger charge is -2.24. The highest BCUT2D eigenvalue weighted by Crippen LogP contribution is 2.29. The van der Waals surface area contributed by atoms with Crippen LogP contribution in [0, 0.1) is 5.92 Å². The van der Waals surface area contributed by atoms with Gasteiger partial charge in [-0.3, -0.25) is 14.6 Å². The minimum atomic E-state index is -0.136. The predicted molar refractivity (Wildman–Crippen MR) is 134 cm³/mol. The minimum absolute atomic E-state index is 0.127. The Labute approximate surface area is 199 Å². The monoisotopic (exact) mass is 465 g/mol. The highest BCUT2D eigenvalue weighted by Gasteiger charge is 2.22. The van der Waals surface area contributed by atoms with Crippen molar-refractivity contribution in [3.8, 4) is 0 Å². The second-order valence-corrected chi connectivity index (χ2v) is 9.71. The second kappa shape index (κ2) is 11.4. The summed E-state index contributed by atoms with van der Waals surface area (Å²) in [5, 5.41) is 9.63. The largest absolute Gasteiger partial charge is 0.466 e. The van der Waals surface area contributed by atoms with E-state index in [9.17, 15) is 9.59 Å². The maximum atomic E-state index is 12.8. The van der Waals surface area contributed by atoms with Crippen LogP contribution in [0.4, 0.5) is 5.69 Å². The lowest BCUT2D eigenvalue weighted by molar-refractivity contribution is -0.144. The van der Waals surface area contributed by atoms with Gasteiger partial charge in [0.05, 0.1) is 12.8 Å². The third kappa shape index (κ3) is 6.60. The number of rotatable bonds is 7. The van der Waals surface area contributed by atoms with Crippen LogP contribution in [0.2, 0.25) is 0 Å². The van der Waals surface area contributed by atoms with Gasteiger partial charge in [-0.2, -0.15) is 16.9 Å². The maximum Gasteiger partial charge on any atom is 0.306 e. The van der Waals surface area contributed by atoms with E-state index in [-0.39, 0.29) is 17.8 Å². The second-order valence-electron chi connectivity index (χ2n) is 8.49. The van der Waals surface area contributed by atoms with Gasteiger partial charge < -0.3 is 10.1 Å². The number of thioether (sulfide) groups is 1. The van der Waals surface area contributed by atoms with Crippen LogP contribution >= 0.6 is 11.8 Å². The summed E-state index contributed by atoms with van der Waals surface area (Å²) in [5.41, 5.74) is 4.82. The van der Waals surface area contributed by atoms with Crippen molar-refractivity contribution in [1.29, 1.82) is 0 Å². The summed E-state index contributed by atoms with van der Waals surface area (Å²) in [4.78, 5) is 24.7. The molecule has 1 N–H and O–H groups in total. The van der Waals surface area contributed by atoms with Crippen molar-refractivity contribution in [2.75, 3.05) is 36.5 Å². The first kappa shape index (κ1) is 23.4. The van der Waals surface area contributed by atoms with Crippen molar-refractivity contribution >= 4 is 35.5 Å². The summed E-state index contributed by atoms with van der Waals surface area (Å²) in [6, 6.07) is 13.6. The number of anilines is 1. The van der Waals surface area contributed by atoms with Gasteiger partial charge in [0.25, 0.3) is 5.91 Å². The zero-order valence-corrected chi connectivity index (χ0v) is 19.9. The summed E-state index contributed by atoms with van der Waals surface area (Å²) in [7, 11) is 0. The van der Waals surface area contributed by atoms with Crippen LogP contribution in [0.15, 0.2) is 47.6 Å². The van der Waals surface area contributed by atoms with E-state index in [1.807, 2.05) is 67.4 Å². The fourth-order valence-electron chi connectivity index (χ4n) is 4.28. The predicted octanol–water partition coefficient (Wildman–Crippen LogP) is 4.38. The van der Waals surface area contributed by atoms with Gasteiger partial charge >= 0.3 is 5.97 Å². The van der Waals surface area contributed by atoms with Crippen molar-refractivity contribution in [3.05, 3.63) is 64.7 Å². The average molecular weight is 466 g/mol. The fourth-order valence-corrected chi connectivity index (χ4v) is 5.16. The molecule has 7 heteroatoms. The third-order valence-corrected chi connectivity index (χ3v) is 7.03. The lowest BCUT2D eigenvalue weighted by atomic mass is 9.81. The number of benzene rings is 2. The molecule has 2 aromatic carbocycles. The molecule has 4 rings (SSSR count). The molecular formula is C26H31N3O3S. The summed E-state index contributed by atoms with van der Waals surface area (Å²) in [6.45, 7) is 4.21. The Morgan fingerprint density at radius 2 is 1.94 bits per heavy atom. The Morgan fingerprint density at radius 1 is 1.15 bits per heavy atom. The van der Waals surface area contributed by atoms with Crippen molar-refractivity contribution < 1.29 is 14.3 Å². The molecule has 1 amide bonds. The number of aryl methyl sites for hydroxylation is 1. The molecule has 6 nitrogen and oxygen atoms in total. The van der Waals surface area contributed by atoms with Crippen molar-refractivity contribution in [2.45, 2.75) is 32.6 Å². The molecule has 1 saturated heterocycles. The number of nitrogens with one attached hydrogen (secondary N) is 1. The standard InChI is InChI=1S/C26H31N3O3S/c1-2-32-25(30)16-20-3-6-21-7-8-22(17-23(21)15-20)26(31)28-24-9-4-19(5-10-24)18-27-29-11-13-33-14-12-29/h4-5,7-10,17-18,20H,2-3,6,11-16H2,1H3,(H,28,31). The molecule has 1 atom stereocenters. The highest BCUT2D eigenvalue weighted by molar-refractivity contribution is 7.99. The molecule has 2 aromatic rings. The zero-order chi connectivity index (χ0) is 23.0. The van der Waals surface area contributed by atoms with Gasteiger partial charge in [0, 0.05) is 42.3 Å². The van der Waals surface area contributed by atoms with Crippen LogP contribution in [-0.4, -0.2) is 54.3 Å². The van der Waals surface area contributed by atoms with E-state index in [4.69, 9.17) is 4.74 Å². The van der Waals surface area contributed by atoms with Gasteiger partial charge in [-0.25, -0.2) is 0 Å². The zero-order valence-electron chi connectivity index (χ0n) is 19.1. The van der Waals surface area contributed by atoms with E-state index >= 15 is 0 Å². The van der Waals surface area contributed by atoms with E-state index in [1.54, 1.807) is 0 Å². The quantitative estimate of drug-likeness (QED) is 0.485. The number of amides is 1. The molecule has 1 heterocycles. The molecule has 0 saturated carbocycles. The number of hydrogen-bond donors (Lipinski definition) is 1. The number of hydrazone groups is 1. The van der Waals surface area contributed by atoms with Gasteiger partial charge in [0.15, 0.2) is 0 Å². The van der Waals surface area contributed by atoms with Crippen LogP contribution in [0.5, 0.6) is 0 Å². The molecule has 2 aliphatic rings.